The first-order valence-corrected chi connectivity index (χ1v) is 8.32. The Morgan fingerprint density at radius 3 is 2.64 bits per heavy atom. The number of hydrogen-bond acceptors (Lipinski definition) is 3. The minimum Gasteiger partial charge on any atom is -0.319 e. The third-order valence-corrected chi connectivity index (χ3v) is 4.72. The van der Waals surface area contributed by atoms with Crippen LogP contribution in [0.4, 0.5) is 0 Å². The van der Waals surface area contributed by atoms with Gasteiger partial charge in [0.1, 0.15) is 0 Å². The molecular formula is C18H20N2OS. The van der Waals surface area contributed by atoms with E-state index in [9.17, 15) is 10.1 Å². The van der Waals surface area contributed by atoms with Gasteiger partial charge in [-0.3, -0.25) is 4.79 Å². The van der Waals surface area contributed by atoms with Crippen LogP contribution in [0.3, 0.4) is 0 Å². The van der Waals surface area contributed by atoms with Crippen molar-refractivity contribution in [3.05, 3.63) is 69.6 Å². The quantitative estimate of drug-likeness (QED) is 0.847. The summed E-state index contributed by atoms with van der Waals surface area (Å²) in [7, 11) is 1.75. The van der Waals surface area contributed by atoms with E-state index in [1.807, 2.05) is 38.1 Å². The van der Waals surface area contributed by atoms with Gasteiger partial charge in [0.05, 0.1) is 11.5 Å². The molecule has 1 aromatic heterocycles. The molecule has 4 heteroatoms. The van der Waals surface area contributed by atoms with E-state index in [-0.39, 0.29) is 5.56 Å². The summed E-state index contributed by atoms with van der Waals surface area (Å²) >= 11 is 1.76. The van der Waals surface area contributed by atoms with Crippen LogP contribution in [0, 0.1) is 11.3 Å². The molecule has 0 amide bonds. The molecule has 0 radical (unpaired) electrons. The Balaban J connectivity index is 2.08. The van der Waals surface area contributed by atoms with Crippen molar-refractivity contribution in [2.45, 2.75) is 30.8 Å². The van der Waals surface area contributed by atoms with Crippen LogP contribution in [-0.4, -0.2) is 4.57 Å². The first kappa shape index (κ1) is 16.4. The molecule has 0 spiro atoms. The van der Waals surface area contributed by atoms with Crippen molar-refractivity contribution >= 4 is 11.8 Å². The van der Waals surface area contributed by atoms with Gasteiger partial charge in [0.25, 0.3) is 5.56 Å². The van der Waals surface area contributed by atoms with Gasteiger partial charge in [-0.25, -0.2) is 0 Å². The Labute approximate surface area is 135 Å². The Kier molecular flexibility index (Phi) is 5.10. The van der Waals surface area contributed by atoms with Crippen molar-refractivity contribution in [1.82, 2.24) is 4.57 Å². The van der Waals surface area contributed by atoms with Crippen LogP contribution in [-0.2, 0) is 24.0 Å². The van der Waals surface area contributed by atoms with Crippen molar-refractivity contribution in [1.29, 1.82) is 5.26 Å². The standard InChI is InChI=1S/C18H20N2OS/c1-18(2,13-19)16-7-5-4-6-15(16)12-22-11-14-8-9-20(3)17(21)10-14/h4-10H,11-12H2,1-3H3. The number of nitriles is 1. The molecule has 0 aliphatic heterocycles. The lowest BCUT2D eigenvalue weighted by atomic mass is 9.84. The van der Waals surface area contributed by atoms with E-state index in [1.165, 1.54) is 5.56 Å². The molecule has 2 rings (SSSR count). The molecule has 1 heterocycles. The van der Waals surface area contributed by atoms with Crippen molar-refractivity contribution < 1.29 is 0 Å². The van der Waals surface area contributed by atoms with Gasteiger partial charge in [-0.05, 0) is 36.6 Å². The minimum absolute atomic E-state index is 0.0177. The van der Waals surface area contributed by atoms with E-state index >= 15 is 0 Å². The molecule has 2 aromatic rings. The SMILES string of the molecule is Cn1ccc(CSCc2ccccc2C(C)(C)C#N)cc1=O. The molecular weight excluding hydrogens is 292 g/mol. The fourth-order valence-corrected chi connectivity index (χ4v) is 3.26. The molecule has 3 nitrogen and oxygen atoms in total. The number of aromatic nitrogens is 1. The van der Waals surface area contributed by atoms with Crippen LogP contribution in [0.15, 0.2) is 47.4 Å². The summed E-state index contributed by atoms with van der Waals surface area (Å²) in [6.07, 6.45) is 1.80. The van der Waals surface area contributed by atoms with Crippen LogP contribution in [0.2, 0.25) is 0 Å². The lowest BCUT2D eigenvalue weighted by Crippen LogP contribution is -2.16. The van der Waals surface area contributed by atoms with Gasteiger partial charge in [0.2, 0.25) is 0 Å². The second-order valence-corrected chi connectivity index (χ2v) is 6.86. The van der Waals surface area contributed by atoms with Crippen LogP contribution in [0.5, 0.6) is 0 Å². The van der Waals surface area contributed by atoms with E-state index in [4.69, 9.17) is 0 Å². The van der Waals surface area contributed by atoms with Crippen molar-refractivity contribution in [3.8, 4) is 6.07 Å². The predicted molar refractivity (Wildman–Crippen MR) is 91.8 cm³/mol. The molecule has 0 saturated carbocycles. The molecule has 0 fully saturated rings. The summed E-state index contributed by atoms with van der Waals surface area (Å²) in [5.74, 6) is 1.62. The first-order chi connectivity index (χ1) is 10.4. The summed E-state index contributed by atoms with van der Waals surface area (Å²) < 4.78 is 1.57. The molecule has 22 heavy (non-hydrogen) atoms. The number of thioether (sulfide) groups is 1. The van der Waals surface area contributed by atoms with Gasteiger partial charge >= 0.3 is 0 Å². The highest BCUT2D eigenvalue weighted by molar-refractivity contribution is 7.97. The predicted octanol–water partition coefficient (Wildman–Crippen LogP) is 3.62. The molecule has 0 saturated heterocycles. The average Bonchev–Trinajstić information content (AvgIpc) is 2.51. The fraction of sp³-hybridized carbons (Fsp3) is 0.333. The number of nitrogens with zero attached hydrogens (tertiary/aromatic N) is 2. The van der Waals surface area contributed by atoms with Crippen molar-refractivity contribution in [2.75, 3.05) is 0 Å². The first-order valence-electron chi connectivity index (χ1n) is 7.17. The van der Waals surface area contributed by atoms with E-state index < -0.39 is 5.41 Å². The summed E-state index contributed by atoms with van der Waals surface area (Å²) in [4.78, 5) is 11.6. The smallest absolute Gasteiger partial charge is 0.250 e. The number of aryl methyl sites for hydroxylation is 1. The summed E-state index contributed by atoms with van der Waals surface area (Å²) in [6.45, 7) is 3.88. The van der Waals surface area contributed by atoms with Crippen LogP contribution >= 0.6 is 11.8 Å². The highest BCUT2D eigenvalue weighted by Gasteiger charge is 2.22. The van der Waals surface area contributed by atoms with Crippen LogP contribution in [0.1, 0.15) is 30.5 Å². The third-order valence-electron chi connectivity index (χ3n) is 3.67. The zero-order valence-electron chi connectivity index (χ0n) is 13.2. The number of benzene rings is 1. The number of rotatable bonds is 5. The Hall–Kier alpha value is -1.99. The van der Waals surface area contributed by atoms with Crippen LogP contribution < -0.4 is 5.56 Å². The molecule has 0 aliphatic rings. The lowest BCUT2D eigenvalue weighted by Gasteiger charge is -2.20. The minimum atomic E-state index is -0.486. The van der Waals surface area contributed by atoms with Gasteiger partial charge in [0.15, 0.2) is 0 Å². The monoisotopic (exact) mass is 312 g/mol. The maximum Gasteiger partial charge on any atom is 0.250 e. The Bertz CT molecular complexity index is 756. The number of hydrogen-bond donors (Lipinski definition) is 0. The van der Waals surface area contributed by atoms with E-state index in [1.54, 1.807) is 35.6 Å². The second-order valence-electron chi connectivity index (χ2n) is 5.87. The van der Waals surface area contributed by atoms with E-state index in [0.29, 0.717) is 0 Å². The Morgan fingerprint density at radius 2 is 1.95 bits per heavy atom. The van der Waals surface area contributed by atoms with E-state index in [2.05, 4.69) is 12.1 Å². The van der Waals surface area contributed by atoms with Gasteiger partial charge in [-0.1, -0.05) is 24.3 Å². The van der Waals surface area contributed by atoms with Gasteiger partial charge < -0.3 is 4.57 Å². The highest BCUT2D eigenvalue weighted by Crippen LogP contribution is 2.29. The van der Waals surface area contributed by atoms with Crippen LogP contribution in [0.25, 0.3) is 0 Å². The van der Waals surface area contributed by atoms with E-state index in [0.717, 1.165) is 22.6 Å². The average molecular weight is 312 g/mol. The second kappa shape index (κ2) is 6.85. The maximum absolute atomic E-state index is 11.6. The molecule has 0 atom stereocenters. The normalized spacial score (nSPS) is 11.2. The van der Waals surface area contributed by atoms with Crippen molar-refractivity contribution in [3.63, 3.8) is 0 Å². The summed E-state index contributed by atoms with van der Waals surface area (Å²) in [5, 5.41) is 9.34. The topological polar surface area (TPSA) is 45.8 Å². The highest BCUT2D eigenvalue weighted by atomic mass is 32.2. The van der Waals surface area contributed by atoms with Crippen molar-refractivity contribution in [2.24, 2.45) is 7.05 Å². The zero-order valence-corrected chi connectivity index (χ0v) is 14.0. The molecule has 0 N–H and O–H groups in total. The molecule has 114 valence electrons. The third kappa shape index (κ3) is 3.80. The Morgan fingerprint density at radius 1 is 1.23 bits per heavy atom. The summed E-state index contributed by atoms with van der Waals surface area (Å²) in [6, 6.07) is 14.1. The number of pyridine rings is 1. The molecule has 0 aliphatic carbocycles. The van der Waals surface area contributed by atoms with Gasteiger partial charge in [-0.15, -0.1) is 0 Å². The zero-order chi connectivity index (χ0) is 16.2. The maximum atomic E-state index is 11.6. The lowest BCUT2D eigenvalue weighted by molar-refractivity contribution is 0.680. The molecule has 0 unspecified atom stereocenters. The molecule has 0 bridgehead atoms. The largest absolute Gasteiger partial charge is 0.319 e. The fourth-order valence-electron chi connectivity index (χ4n) is 2.27. The summed E-state index contributed by atoms with van der Waals surface area (Å²) in [5.41, 5.74) is 2.82. The molecule has 1 aromatic carbocycles. The van der Waals surface area contributed by atoms with Gasteiger partial charge in [0, 0.05) is 30.8 Å². The van der Waals surface area contributed by atoms with Gasteiger partial charge in [-0.2, -0.15) is 17.0 Å².